The molecular formula is C13H7IN4. The Balaban J connectivity index is 2.31. The third kappa shape index (κ3) is 1.84. The highest BCUT2D eigenvalue weighted by atomic mass is 127. The van der Waals surface area contributed by atoms with Crippen LogP contribution in [0.1, 0.15) is 5.56 Å². The van der Waals surface area contributed by atoms with E-state index in [2.05, 4.69) is 38.7 Å². The molecule has 0 aliphatic carbocycles. The van der Waals surface area contributed by atoms with Gasteiger partial charge in [0.1, 0.15) is 6.07 Å². The summed E-state index contributed by atoms with van der Waals surface area (Å²) in [6, 6.07) is 11.7. The van der Waals surface area contributed by atoms with Crippen molar-refractivity contribution in [2.45, 2.75) is 0 Å². The topological polar surface area (TPSA) is 54.5 Å². The Bertz CT molecular complexity index is 770. The van der Waals surface area contributed by atoms with Crippen molar-refractivity contribution in [3.63, 3.8) is 0 Å². The van der Waals surface area contributed by atoms with Crippen LogP contribution < -0.4 is 0 Å². The van der Waals surface area contributed by atoms with Crippen LogP contribution in [0.15, 0.2) is 42.7 Å². The van der Waals surface area contributed by atoms with Crippen molar-refractivity contribution in [2.75, 3.05) is 0 Å². The van der Waals surface area contributed by atoms with Crippen LogP contribution in [0.5, 0.6) is 0 Å². The molecule has 0 saturated carbocycles. The maximum atomic E-state index is 9.21. The zero-order valence-corrected chi connectivity index (χ0v) is 11.4. The number of benzene rings is 1. The second-order valence-corrected chi connectivity index (χ2v) is 5.01. The fraction of sp³-hybridized carbons (Fsp3) is 0. The van der Waals surface area contributed by atoms with Crippen molar-refractivity contribution in [1.82, 2.24) is 14.8 Å². The molecule has 0 atom stereocenters. The average Bonchev–Trinajstić information content (AvgIpc) is 2.83. The van der Waals surface area contributed by atoms with E-state index in [4.69, 9.17) is 0 Å². The number of pyridine rings is 1. The van der Waals surface area contributed by atoms with Crippen LogP contribution in [0.3, 0.4) is 0 Å². The fourth-order valence-corrected chi connectivity index (χ4v) is 2.17. The maximum Gasteiger partial charge on any atom is 0.171 e. The summed E-state index contributed by atoms with van der Waals surface area (Å²) in [5, 5.41) is 14.4. The molecule has 1 aromatic carbocycles. The van der Waals surface area contributed by atoms with E-state index in [0.29, 0.717) is 11.4 Å². The first-order valence-corrected chi connectivity index (χ1v) is 6.36. The van der Waals surface area contributed by atoms with Crippen LogP contribution in [-0.2, 0) is 0 Å². The van der Waals surface area contributed by atoms with Gasteiger partial charge in [-0.25, -0.2) is 9.67 Å². The van der Waals surface area contributed by atoms with Crippen LogP contribution in [0.4, 0.5) is 0 Å². The van der Waals surface area contributed by atoms with E-state index in [1.165, 1.54) is 0 Å². The van der Waals surface area contributed by atoms with Crippen LogP contribution in [0.25, 0.3) is 16.7 Å². The minimum absolute atomic E-state index is 0.521. The van der Waals surface area contributed by atoms with Gasteiger partial charge in [0, 0.05) is 11.6 Å². The molecule has 0 saturated heterocycles. The Hall–Kier alpha value is -1.94. The molecule has 5 heteroatoms. The number of aromatic nitrogens is 3. The number of nitrogens with zero attached hydrogens (tertiary/aromatic N) is 4. The smallest absolute Gasteiger partial charge is 0.171 e. The number of hydrogen-bond acceptors (Lipinski definition) is 3. The lowest BCUT2D eigenvalue weighted by Crippen LogP contribution is -2.01. The van der Waals surface area contributed by atoms with E-state index in [1.54, 1.807) is 10.9 Å². The molecule has 86 valence electrons. The fourth-order valence-electron chi connectivity index (χ4n) is 1.78. The molecule has 3 aromatic rings. The molecule has 0 bridgehead atoms. The minimum atomic E-state index is 0.521. The molecular weight excluding hydrogens is 339 g/mol. The summed E-state index contributed by atoms with van der Waals surface area (Å²) in [5.41, 5.74) is 1.38. The van der Waals surface area contributed by atoms with Gasteiger partial charge in [-0.05, 0) is 34.7 Å². The van der Waals surface area contributed by atoms with Gasteiger partial charge in [0.05, 0.1) is 20.8 Å². The predicted molar refractivity (Wildman–Crippen MR) is 76.3 cm³/mol. The van der Waals surface area contributed by atoms with E-state index in [-0.39, 0.29) is 0 Å². The molecule has 0 aliphatic heterocycles. The first-order valence-electron chi connectivity index (χ1n) is 5.28. The van der Waals surface area contributed by atoms with Gasteiger partial charge in [-0.2, -0.15) is 10.4 Å². The van der Waals surface area contributed by atoms with E-state index >= 15 is 0 Å². The van der Waals surface area contributed by atoms with Crippen molar-refractivity contribution in [2.24, 2.45) is 0 Å². The Morgan fingerprint density at radius 3 is 2.83 bits per heavy atom. The molecule has 0 unspecified atom stereocenters. The highest BCUT2D eigenvalue weighted by Crippen LogP contribution is 2.19. The molecule has 0 fully saturated rings. The standard InChI is InChI=1S/C13H7IN4/c14-11-7-16-18(8-11)13-10(6-15)5-9-3-1-2-4-12(9)17-13/h1-5,7-8H. The lowest BCUT2D eigenvalue weighted by Gasteiger charge is -2.05. The van der Waals surface area contributed by atoms with Gasteiger partial charge < -0.3 is 0 Å². The second-order valence-electron chi connectivity index (χ2n) is 3.77. The summed E-state index contributed by atoms with van der Waals surface area (Å²) in [4.78, 5) is 4.50. The normalized spacial score (nSPS) is 10.4. The number of hydrogen-bond donors (Lipinski definition) is 0. The molecule has 3 rings (SSSR count). The molecule has 4 nitrogen and oxygen atoms in total. The largest absolute Gasteiger partial charge is 0.227 e. The summed E-state index contributed by atoms with van der Waals surface area (Å²) in [5.74, 6) is 0.569. The van der Waals surface area contributed by atoms with Crippen LogP contribution in [0, 0.1) is 14.9 Å². The highest BCUT2D eigenvalue weighted by Gasteiger charge is 2.09. The summed E-state index contributed by atoms with van der Waals surface area (Å²) >= 11 is 2.18. The van der Waals surface area contributed by atoms with Crippen molar-refractivity contribution in [3.8, 4) is 11.9 Å². The SMILES string of the molecule is N#Cc1cc2ccccc2nc1-n1cc(I)cn1. The quantitative estimate of drug-likeness (QED) is 0.637. The van der Waals surface area contributed by atoms with Crippen LogP contribution in [-0.4, -0.2) is 14.8 Å². The number of para-hydroxylation sites is 1. The van der Waals surface area contributed by atoms with Crippen molar-refractivity contribution in [1.29, 1.82) is 5.26 Å². The Kier molecular flexibility index (Phi) is 2.72. The third-order valence-electron chi connectivity index (χ3n) is 2.59. The van der Waals surface area contributed by atoms with Gasteiger partial charge in [-0.1, -0.05) is 18.2 Å². The number of fused-ring (bicyclic) bond motifs is 1. The minimum Gasteiger partial charge on any atom is -0.227 e. The second kappa shape index (κ2) is 4.38. The van der Waals surface area contributed by atoms with Crippen LogP contribution in [0.2, 0.25) is 0 Å². The molecule has 2 heterocycles. The zero-order valence-electron chi connectivity index (χ0n) is 9.21. The molecule has 0 N–H and O–H groups in total. The first kappa shape index (κ1) is 11.2. The molecule has 18 heavy (non-hydrogen) atoms. The first-order chi connectivity index (χ1) is 8.78. The number of nitriles is 1. The Morgan fingerprint density at radius 2 is 2.11 bits per heavy atom. The summed E-state index contributed by atoms with van der Waals surface area (Å²) < 4.78 is 2.64. The Morgan fingerprint density at radius 1 is 1.28 bits per heavy atom. The van der Waals surface area contributed by atoms with Crippen molar-refractivity contribution < 1.29 is 0 Å². The van der Waals surface area contributed by atoms with E-state index in [1.807, 2.05) is 36.5 Å². The maximum absolute atomic E-state index is 9.21. The number of halogens is 1. The summed E-state index contributed by atoms with van der Waals surface area (Å²) in [6.07, 6.45) is 3.58. The lowest BCUT2D eigenvalue weighted by molar-refractivity contribution is 0.849. The lowest BCUT2D eigenvalue weighted by atomic mass is 10.1. The van der Waals surface area contributed by atoms with Gasteiger partial charge in [-0.15, -0.1) is 0 Å². The molecule has 0 amide bonds. The molecule has 2 aromatic heterocycles. The number of rotatable bonds is 1. The summed E-state index contributed by atoms with van der Waals surface area (Å²) in [7, 11) is 0. The molecule has 0 aliphatic rings. The molecule has 0 spiro atoms. The third-order valence-corrected chi connectivity index (χ3v) is 3.15. The van der Waals surface area contributed by atoms with E-state index < -0.39 is 0 Å². The zero-order chi connectivity index (χ0) is 12.5. The Labute approximate surface area is 117 Å². The van der Waals surface area contributed by atoms with Gasteiger partial charge in [0.25, 0.3) is 0 Å². The van der Waals surface area contributed by atoms with E-state index in [0.717, 1.165) is 14.5 Å². The van der Waals surface area contributed by atoms with Gasteiger partial charge in [0.15, 0.2) is 5.82 Å². The van der Waals surface area contributed by atoms with Crippen molar-refractivity contribution in [3.05, 3.63) is 51.9 Å². The van der Waals surface area contributed by atoms with Gasteiger partial charge in [-0.3, -0.25) is 0 Å². The van der Waals surface area contributed by atoms with Crippen molar-refractivity contribution >= 4 is 33.5 Å². The predicted octanol–water partition coefficient (Wildman–Crippen LogP) is 2.90. The summed E-state index contributed by atoms with van der Waals surface area (Å²) in [6.45, 7) is 0. The monoisotopic (exact) mass is 346 g/mol. The average molecular weight is 346 g/mol. The highest BCUT2D eigenvalue weighted by molar-refractivity contribution is 14.1. The van der Waals surface area contributed by atoms with Gasteiger partial charge in [0.2, 0.25) is 0 Å². The van der Waals surface area contributed by atoms with Crippen LogP contribution >= 0.6 is 22.6 Å². The van der Waals surface area contributed by atoms with Gasteiger partial charge >= 0.3 is 0 Å². The van der Waals surface area contributed by atoms with E-state index in [9.17, 15) is 5.26 Å². The molecule has 0 radical (unpaired) electrons.